The predicted octanol–water partition coefficient (Wildman–Crippen LogP) is 3.93. The third-order valence-corrected chi connectivity index (χ3v) is 6.87. The van der Waals surface area contributed by atoms with E-state index in [1.807, 2.05) is 13.0 Å². The molecule has 1 aromatic rings. The fraction of sp³-hybridized carbons (Fsp3) is 0.625. The lowest BCUT2D eigenvalue weighted by Gasteiger charge is -2.22. The number of halogens is 1. The highest BCUT2D eigenvalue weighted by Crippen LogP contribution is 2.27. The lowest BCUT2D eigenvalue weighted by Crippen LogP contribution is -2.32. The summed E-state index contributed by atoms with van der Waals surface area (Å²) in [6.45, 7) is 5.29. The fourth-order valence-electron chi connectivity index (χ4n) is 3.01. The van der Waals surface area contributed by atoms with E-state index in [2.05, 4.69) is 6.92 Å². The van der Waals surface area contributed by atoms with Crippen LogP contribution in [0, 0.1) is 12.8 Å². The molecule has 1 heterocycles. The van der Waals surface area contributed by atoms with Crippen molar-refractivity contribution >= 4 is 21.6 Å². The van der Waals surface area contributed by atoms with Gasteiger partial charge in [-0.05, 0) is 49.3 Å². The van der Waals surface area contributed by atoms with Crippen LogP contribution in [-0.4, -0.2) is 25.8 Å². The zero-order chi connectivity index (χ0) is 15.5. The topological polar surface area (TPSA) is 37.4 Å². The molecular formula is C16H24ClNO2S. The van der Waals surface area contributed by atoms with Crippen LogP contribution in [0.5, 0.6) is 0 Å². The van der Waals surface area contributed by atoms with Gasteiger partial charge in [-0.3, -0.25) is 0 Å². The molecule has 118 valence electrons. The van der Waals surface area contributed by atoms with Crippen LogP contribution in [0.2, 0.25) is 0 Å². The Morgan fingerprint density at radius 3 is 2.71 bits per heavy atom. The first kappa shape index (κ1) is 16.8. The van der Waals surface area contributed by atoms with Crippen LogP contribution >= 0.6 is 11.6 Å². The summed E-state index contributed by atoms with van der Waals surface area (Å²) in [4.78, 5) is 0.413. The Balaban J connectivity index is 2.30. The van der Waals surface area contributed by atoms with E-state index in [1.54, 1.807) is 16.4 Å². The number of nitrogens with zero attached hydrogens (tertiary/aromatic N) is 1. The van der Waals surface area contributed by atoms with Crippen LogP contribution in [-0.2, 0) is 15.9 Å². The monoisotopic (exact) mass is 329 g/mol. The molecule has 1 aliphatic heterocycles. The second-order valence-corrected chi connectivity index (χ2v) is 7.96. The SMILES string of the molecule is CCC1CCCN(S(=O)(=O)c2cccc(CCl)c2C)CC1. The highest BCUT2D eigenvalue weighted by Gasteiger charge is 2.28. The van der Waals surface area contributed by atoms with Gasteiger partial charge in [-0.15, -0.1) is 11.6 Å². The van der Waals surface area contributed by atoms with Gasteiger partial charge in [0, 0.05) is 19.0 Å². The van der Waals surface area contributed by atoms with E-state index < -0.39 is 10.0 Å². The Kier molecular flexibility index (Phi) is 5.69. The zero-order valence-corrected chi connectivity index (χ0v) is 14.4. The Morgan fingerprint density at radius 2 is 2.05 bits per heavy atom. The van der Waals surface area contributed by atoms with E-state index in [0.29, 0.717) is 29.8 Å². The molecule has 0 aromatic heterocycles. The number of rotatable bonds is 4. The molecule has 1 aliphatic rings. The number of benzene rings is 1. The van der Waals surface area contributed by atoms with Gasteiger partial charge >= 0.3 is 0 Å². The molecule has 1 saturated heterocycles. The first-order chi connectivity index (χ1) is 10.0. The standard InChI is InChI=1S/C16H24ClNO2S/c1-3-14-6-5-10-18(11-9-14)21(19,20)16-8-4-7-15(12-17)13(16)2/h4,7-8,14H,3,5-6,9-12H2,1-2H3. The minimum atomic E-state index is -3.41. The van der Waals surface area contributed by atoms with E-state index in [0.717, 1.165) is 36.8 Å². The molecule has 0 amide bonds. The summed E-state index contributed by atoms with van der Waals surface area (Å²) in [5.41, 5.74) is 1.67. The average Bonchev–Trinajstić information content (AvgIpc) is 2.73. The van der Waals surface area contributed by atoms with Gasteiger partial charge in [0.2, 0.25) is 10.0 Å². The third kappa shape index (κ3) is 3.61. The molecule has 0 radical (unpaired) electrons. The molecule has 1 fully saturated rings. The Hall–Kier alpha value is -0.580. The Labute approximate surface area is 133 Å². The summed E-state index contributed by atoms with van der Waals surface area (Å²) in [6, 6.07) is 5.37. The van der Waals surface area contributed by atoms with Gasteiger partial charge in [-0.2, -0.15) is 4.31 Å². The molecular weight excluding hydrogens is 306 g/mol. The van der Waals surface area contributed by atoms with Gasteiger partial charge in [0.1, 0.15) is 0 Å². The number of sulfonamides is 1. The summed E-state index contributed by atoms with van der Waals surface area (Å²) in [6.07, 6.45) is 4.17. The number of hydrogen-bond acceptors (Lipinski definition) is 2. The summed E-state index contributed by atoms with van der Waals surface area (Å²) in [7, 11) is -3.41. The van der Waals surface area contributed by atoms with Gasteiger partial charge in [-0.25, -0.2) is 8.42 Å². The summed E-state index contributed by atoms with van der Waals surface area (Å²) in [5.74, 6) is 0.994. The second kappa shape index (κ2) is 7.12. The van der Waals surface area contributed by atoms with Crippen molar-refractivity contribution in [2.45, 2.75) is 50.3 Å². The molecule has 0 aliphatic carbocycles. The molecule has 1 aromatic carbocycles. The quantitative estimate of drug-likeness (QED) is 0.785. The first-order valence-corrected chi connectivity index (χ1v) is 9.62. The van der Waals surface area contributed by atoms with Crippen LogP contribution in [0.25, 0.3) is 0 Å². The maximum Gasteiger partial charge on any atom is 0.243 e. The molecule has 0 saturated carbocycles. The second-order valence-electron chi connectivity index (χ2n) is 5.78. The highest BCUT2D eigenvalue weighted by molar-refractivity contribution is 7.89. The van der Waals surface area contributed by atoms with Crippen LogP contribution < -0.4 is 0 Å². The Morgan fingerprint density at radius 1 is 1.29 bits per heavy atom. The largest absolute Gasteiger partial charge is 0.243 e. The van der Waals surface area contributed by atoms with E-state index >= 15 is 0 Å². The fourth-order valence-corrected chi connectivity index (χ4v) is 5.06. The molecule has 1 unspecified atom stereocenters. The maximum atomic E-state index is 12.9. The minimum Gasteiger partial charge on any atom is -0.207 e. The van der Waals surface area contributed by atoms with E-state index in [-0.39, 0.29) is 0 Å². The van der Waals surface area contributed by atoms with Crippen molar-refractivity contribution in [1.82, 2.24) is 4.31 Å². The molecule has 0 N–H and O–H groups in total. The molecule has 0 spiro atoms. The molecule has 5 heteroatoms. The van der Waals surface area contributed by atoms with Crippen molar-refractivity contribution in [2.24, 2.45) is 5.92 Å². The molecule has 2 rings (SSSR count). The molecule has 0 bridgehead atoms. The smallest absolute Gasteiger partial charge is 0.207 e. The van der Waals surface area contributed by atoms with Crippen LogP contribution in [0.1, 0.15) is 43.7 Å². The lowest BCUT2D eigenvalue weighted by atomic mass is 9.98. The highest BCUT2D eigenvalue weighted by atomic mass is 35.5. The van der Waals surface area contributed by atoms with Crippen molar-refractivity contribution in [3.63, 3.8) is 0 Å². The molecule has 1 atom stereocenters. The van der Waals surface area contributed by atoms with E-state index in [9.17, 15) is 8.42 Å². The van der Waals surface area contributed by atoms with Crippen molar-refractivity contribution in [3.8, 4) is 0 Å². The van der Waals surface area contributed by atoms with Crippen LogP contribution in [0.15, 0.2) is 23.1 Å². The minimum absolute atomic E-state index is 0.340. The predicted molar refractivity (Wildman–Crippen MR) is 87.1 cm³/mol. The van der Waals surface area contributed by atoms with Crippen LogP contribution in [0.3, 0.4) is 0 Å². The van der Waals surface area contributed by atoms with Gasteiger partial charge in [0.25, 0.3) is 0 Å². The summed E-state index contributed by atoms with van der Waals surface area (Å²) >= 11 is 5.90. The Bertz CT molecular complexity index is 586. The number of hydrogen-bond donors (Lipinski definition) is 0. The van der Waals surface area contributed by atoms with Gasteiger partial charge in [0.05, 0.1) is 4.90 Å². The summed E-state index contributed by atoms with van der Waals surface area (Å²) < 4.78 is 27.5. The van der Waals surface area contributed by atoms with Crippen molar-refractivity contribution in [2.75, 3.05) is 13.1 Å². The molecule has 3 nitrogen and oxygen atoms in total. The number of alkyl halides is 1. The van der Waals surface area contributed by atoms with E-state index in [1.165, 1.54) is 0 Å². The van der Waals surface area contributed by atoms with E-state index in [4.69, 9.17) is 11.6 Å². The maximum absolute atomic E-state index is 12.9. The van der Waals surface area contributed by atoms with Gasteiger partial charge in [0.15, 0.2) is 0 Å². The summed E-state index contributed by atoms with van der Waals surface area (Å²) in [5, 5.41) is 0. The van der Waals surface area contributed by atoms with Crippen molar-refractivity contribution < 1.29 is 8.42 Å². The van der Waals surface area contributed by atoms with Gasteiger partial charge in [-0.1, -0.05) is 25.5 Å². The lowest BCUT2D eigenvalue weighted by molar-refractivity contribution is 0.407. The molecule has 21 heavy (non-hydrogen) atoms. The average molecular weight is 330 g/mol. The first-order valence-electron chi connectivity index (χ1n) is 7.65. The normalized spacial score (nSPS) is 21.2. The van der Waals surface area contributed by atoms with Crippen molar-refractivity contribution in [1.29, 1.82) is 0 Å². The van der Waals surface area contributed by atoms with Crippen LogP contribution in [0.4, 0.5) is 0 Å². The zero-order valence-electron chi connectivity index (χ0n) is 12.8. The third-order valence-electron chi connectivity index (χ3n) is 4.54. The van der Waals surface area contributed by atoms with Crippen molar-refractivity contribution in [3.05, 3.63) is 29.3 Å². The van der Waals surface area contributed by atoms with Gasteiger partial charge < -0.3 is 0 Å².